The van der Waals surface area contributed by atoms with Crippen LogP contribution >= 0.6 is 0 Å². The molecule has 1 aliphatic heterocycles. The zero-order valence-electron chi connectivity index (χ0n) is 44.2. The molecule has 0 aromatic heterocycles. The highest BCUT2D eigenvalue weighted by molar-refractivity contribution is 5.80. The van der Waals surface area contributed by atoms with Crippen molar-refractivity contribution in [2.45, 2.75) is 327 Å². The maximum Gasteiger partial charge on any atom is 0.306 e. The number of hydrogen-bond donors (Lipinski definition) is 6. The van der Waals surface area contributed by atoms with E-state index >= 15 is 0 Å². The Labute approximate surface area is 417 Å². The molecular weight excluding hydrogens is 859 g/mol. The third kappa shape index (κ3) is 34.7. The summed E-state index contributed by atoms with van der Waals surface area (Å²) in [7, 11) is 0. The molecule has 0 aliphatic carbocycles. The molecule has 0 saturated carbocycles. The van der Waals surface area contributed by atoms with E-state index in [0.717, 1.165) is 57.8 Å². The molecule has 0 bridgehead atoms. The van der Waals surface area contributed by atoms with Crippen LogP contribution in [0.5, 0.6) is 0 Å². The molecule has 11 nitrogen and oxygen atoms in total. The van der Waals surface area contributed by atoms with E-state index in [0.29, 0.717) is 19.3 Å². The second-order valence-electron chi connectivity index (χ2n) is 20.4. The van der Waals surface area contributed by atoms with Crippen molar-refractivity contribution in [2.75, 3.05) is 13.2 Å². The molecule has 0 radical (unpaired) electrons. The Morgan fingerprint density at radius 3 is 1.38 bits per heavy atom. The van der Waals surface area contributed by atoms with Gasteiger partial charge in [0.1, 0.15) is 24.4 Å². The lowest BCUT2D eigenvalue weighted by Crippen LogP contribution is -2.61. The van der Waals surface area contributed by atoms with Gasteiger partial charge in [-0.15, -0.1) is 0 Å². The Hall–Kier alpha value is -1.60. The van der Waals surface area contributed by atoms with Gasteiger partial charge in [-0.3, -0.25) is 9.59 Å². The number of allylic oxidation sites excluding steroid dienone is 1. The lowest BCUT2D eigenvalue weighted by Gasteiger charge is -2.41. The molecule has 1 aliphatic rings. The van der Waals surface area contributed by atoms with E-state index in [1.165, 1.54) is 173 Å². The van der Waals surface area contributed by atoms with Gasteiger partial charge in [0.2, 0.25) is 5.91 Å². The van der Waals surface area contributed by atoms with Crippen LogP contribution < -0.4 is 5.32 Å². The van der Waals surface area contributed by atoms with Gasteiger partial charge in [-0.1, -0.05) is 258 Å². The number of esters is 1. The summed E-state index contributed by atoms with van der Waals surface area (Å²) in [4.78, 5) is 26.4. The van der Waals surface area contributed by atoms with Crippen LogP contribution in [0.1, 0.15) is 278 Å². The topological polar surface area (TPSA) is 175 Å². The Kier molecular flexibility index (Phi) is 44.0. The van der Waals surface area contributed by atoms with Gasteiger partial charge in [-0.25, -0.2) is 0 Å². The molecule has 68 heavy (non-hydrogen) atoms. The van der Waals surface area contributed by atoms with Crippen molar-refractivity contribution in [3.05, 3.63) is 12.2 Å². The molecular formula is C57H109NO10. The molecule has 0 aromatic rings. The van der Waals surface area contributed by atoms with E-state index in [2.05, 4.69) is 26.1 Å². The van der Waals surface area contributed by atoms with Crippen LogP contribution in [0.3, 0.4) is 0 Å². The molecule has 0 aromatic carbocycles. The number of ether oxygens (including phenoxy) is 3. The molecule has 8 atom stereocenters. The van der Waals surface area contributed by atoms with Crippen molar-refractivity contribution >= 4 is 11.9 Å². The van der Waals surface area contributed by atoms with Gasteiger partial charge < -0.3 is 45.1 Å². The Balaban J connectivity index is 2.71. The number of hydrogen-bond acceptors (Lipinski definition) is 10. The lowest BCUT2D eigenvalue weighted by molar-refractivity contribution is -0.305. The number of unbranched alkanes of at least 4 members (excludes halogenated alkanes) is 35. The molecule has 1 saturated heterocycles. The lowest BCUT2D eigenvalue weighted by atomic mass is 9.99. The summed E-state index contributed by atoms with van der Waals surface area (Å²) in [5, 5.41) is 56.7. The predicted octanol–water partition coefficient (Wildman–Crippen LogP) is 12.8. The third-order valence-corrected chi connectivity index (χ3v) is 13.9. The van der Waals surface area contributed by atoms with Crippen molar-refractivity contribution in [3.63, 3.8) is 0 Å². The van der Waals surface area contributed by atoms with Crippen LogP contribution in [-0.4, -0.2) is 99.6 Å². The average molecular weight is 968 g/mol. The molecule has 1 heterocycles. The van der Waals surface area contributed by atoms with Crippen molar-refractivity contribution in [3.8, 4) is 0 Å². The maximum atomic E-state index is 13.4. The van der Waals surface area contributed by atoms with Crippen LogP contribution in [0.4, 0.5) is 0 Å². The fourth-order valence-corrected chi connectivity index (χ4v) is 9.30. The number of carbonyl (C=O) groups excluding carboxylic acids is 2. The predicted molar refractivity (Wildman–Crippen MR) is 278 cm³/mol. The molecule has 1 amide bonds. The van der Waals surface area contributed by atoms with Crippen molar-refractivity contribution in [1.82, 2.24) is 5.32 Å². The minimum Gasteiger partial charge on any atom is -0.454 e. The summed E-state index contributed by atoms with van der Waals surface area (Å²) in [6.07, 6.45) is 39.7. The molecule has 1 fully saturated rings. The normalized spacial score (nSPS) is 19.9. The van der Waals surface area contributed by atoms with Gasteiger partial charge >= 0.3 is 5.97 Å². The van der Waals surface area contributed by atoms with E-state index in [-0.39, 0.29) is 13.0 Å². The number of nitrogens with one attached hydrogen (secondary N) is 1. The highest BCUT2D eigenvalue weighted by Gasteiger charge is 2.47. The summed E-state index contributed by atoms with van der Waals surface area (Å²) >= 11 is 0. The van der Waals surface area contributed by atoms with E-state index < -0.39 is 67.4 Å². The molecule has 11 heteroatoms. The van der Waals surface area contributed by atoms with Gasteiger partial charge in [0.15, 0.2) is 12.4 Å². The van der Waals surface area contributed by atoms with Crippen LogP contribution in [0.2, 0.25) is 0 Å². The fraction of sp³-hybridized carbons (Fsp3) is 0.930. The highest BCUT2D eigenvalue weighted by Crippen LogP contribution is 2.26. The molecule has 402 valence electrons. The van der Waals surface area contributed by atoms with Crippen molar-refractivity contribution in [1.29, 1.82) is 0 Å². The zero-order valence-corrected chi connectivity index (χ0v) is 44.2. The first-order valence-corrected chi connectivity index (χ1v) is 29.0. The quantitative estimate of drug-likeness (QED) is 0.0196. The first-order chi connectivity index (χ1) is 33.2. The monoisotopic (exact) mass is 968 g/mol. The second-order valence-corrected chi connectivity index (χ2v) is 20.4. The summed E-state index contributed by atoms with van der Waals surface area (Å²) in [5.74, 6) is -1.18. The molecule has 0 spiro atoms. The minimum absolute atomic E-state index is 0.130. The number of aliphatic hydroxyl groups is 5. The van der Waals surface area contributed by atoms with Crippen LogP contribution in [0.25, 0.3) is 0 Å². The summed E-state index contributed by atoms with van der Waals surface area (Å²) < 4.78 is 17.5. The number of rotatable bonds is 49. The number of aliphatic hydroxyl groups excluding tert-OH is 5. The van der Waals surface area contributed by atoms with Gasteiger partial charge in [0.05, 0.1) is 25.4 Å². The first-order valence-electron chi connectivity index (χ1n) is 29.0. The van der Waals surface area contributed by atoms with E-state index in [1.807, 2.05) is 6.08 Å². The summed E-state index contributed by atoms with van der Waals surface area (Å²) in [6.45, 7) is 5.79. The summed E-state index contributed by atoms with van der Waals surface area (Å²) in [5.41, 5.74) is 0. The van der Waals surface area contributed by atoms with E-state index in [1.54, 1.807) is 6.08 Å². The van der Waals surface area contributed by atoms with Crippen molar-refractivity contribution in [2.24, 2.45) is 0 Å². The molecule has 1 rings (SSSR count). The number of amides is 1. The first kappa shape index (κ1) is 64.4. The van der Waals surface area contributed by atoms with Gasteiger partial charge in [0.25, 0.3) is 0 Å². The smallest absolute Gasteiger partial charge is 0.306 e. The Bertz CT molecular complexity index is 1160. The SMILES string of the molecule is CCCCCCCCCCCC/C=C/C(O)C(COC1OC(CO)C(O)C(O)C1OC(=O)CCCCCCCCCCCCC)NC(=O)C(O)CCCCCCCCCCCCCCCCCC. The van der Waals surface area contributed by atoms with E-state index in [4.69, 9.17) is 14.2 Å². The standard InChI is InChI=1S/C57H109NO10/c1-4-7-10-13-16-19-22-24-25-26-27-30-32-35-38-41-44-50(61)56(65)58-48(49(60)43-40-37-34-31-29-23-20-17-14-11-8-5-2)47-66-57-55(54(64)53(63)51(46-59)67-57)68-52(62)45-42-39-36-33-28-21-18-15-12-9-6-3/h40,43,48-51,53-55,57,59-61,63-64H,4-39,41-42,44-47H2,1-3H3,(H,58,65)/b43-40+. The van der Waals surface area contributed by atoms with Gasteiger partial charge in [-0.05, 0) is 25.7 Å². The van der Waals surface area contributed by atoms with Crippen LogP contribution in [0, 0.1) is 0 Å². The average Bonchev–Trinajstić information content (AvgIpc) is 3.33. The van der Waals surface area contributed by atoms with Gasteiger partial charge in [0, 0.05) is 6.42 Å². The minimum atomic E-state index is -1.60. The fourth-order valence-electron chi connectivity index (χ4n) is 9.30. The van der Waals surface area contributed by atoms with Crippen LogP contribution in [-0.2, 0) is 23.8 Å². The van der Waals surface area contributed by atoms with Gasteiger partial charge in [-0.2, -0.15) is 0 Å². The Morgan fingerprint density at radius 2 is 0.956 bits per heavy atom. The summed E-state index contributed by atoms with van der Waals surface area (Å²) in [6, 6.07) is -1.01. The third-order valence-electron chi connectivity index (χ3n) is 13.9. The zero-order chi connectivity index (χ0) is 49.7. The van der Waals surface area contributed by atoms with Crippen LogP contribution in [0.15, 0.2) is 12.2 Å². The second kappa shape index (κ2) is 46.5. The number of carbonyl (C=O) groups is 2. The highest BCUT2D eigenvalue weighted by atomic mass is 16.7. The van der Waals surface area contributed by atoms with Crippen molar-refractivity contribution < 1.29 is 49.3 Å². The molecule has 8 unspecified atom stereocenters. The van der Waals surface area contributed by atoms with E-state index in [9.17, 15) is 35.1 Å². The maximum absolute atomic E-state index is 13.4. The molecule has 6 N–H and O–H groups in total. The Morgan fingerprint density at radius 1 is 0.559 bits per heavy atom. The largest absolute Gasteiger partial charge is 0.454 e.